The quantitative estimate of drug-likeness (QED) is 0.748. The first-order chi connectivity index (χ1) is 9.58. The summed E-state index contributed by atoms with van der Waals surface area (Å²) in [5, 5.41) is 0.546. The summed E-state index contributed by atoms with van der Waals surface area (Å²) < 4.78 is 0. The van der Waals surface area contributed by atoms with Crippen molar-refractivity contribution >= 4 is 29.4 Å². The van der Waals surface area contributed by atoms with Crippen molar-refractivity contribution in [1.29, 1.82) is 0 Å². The number of piperidine rings is 1. The molecule has 0 radical (unpaired) electrons. The molecule has 0 saturated carbocycles. The summed E-state index contributed by atoms with van der Waals surface area (Å²) in [5.74, 6) is -0.0634. The number of nitrogens with two attached hydrogens (primary N) is 2. The summed E-state index contributed by atoms with van der Waals surface area (Å²) in [6, 6.07) is 0. The predicted molar refractivity (Wildman–Crippen MR) is 75.7 cm³/mol. The zero-order valence-corrected chi connectivity index (χ0v) is 11.8. The van der Waals surface area contributed by atoms with Gasteiger partial charge in [0.1, 0.15) is 5.03 Å². The number of hydrogen-bond acceptors (Lipinski definition) is 6. The summed E-state index contributed by atoms with van der Waals surface area (Å²) in [6.45, 7) is 1.07. The van der Waals surface area contributed by atoms with Crippen molar-refractivity contribution in [3.05, 3.63) is 12.4 Å². The van der Waals surface area contributed by atoms with Gasteiger partial charge >= 0.3 is 0 Å². The molecule has 0 spiro atoms. The molecule has 1 atom stereocenters. The summed E-state index contributed by atoms with van der Waals surface area (Å²) in [5.41, 5.74) is 11.0. The minimum Gasteiger partial charge on any atom is -0.381 e. The Bertz CT molecular complexity index is 510. The Kier molecular flexibility index (Phi) is 4.78. The third-order valence-corrected chi connectivity index (χ3v) is 4.18. The van der Waals surface area contributed by atoms with Crippen molar-refractivity contribution in [2.75, 3.05) is 24.6 Å². The van der Waals surface area contributed by atoms with Crippen molar-refractivity contribution in [2.24, 2.45) is 11.7 Å². The Morgan fingerprint density at radius 2 is 2.15 bits per heavy atom. The number of amides is 2. The first kappa shape index (κ1) is 14.6. The molecule has 4 N–H and O–H groups in total. The molecule has 0 aliphatic carbocycles. The zero-order valence-electron chi connectivity index (χ0n) is 11.0. The number of aromatic nitrogens is 2. The molecule has 108 valence electrons. The van der Waals surface area contributed by atoms with E-state index in [1.165, 1.54) is 24.2 Å². The van der Waals surface area contributed by atoms with Crippen LogP contribution in [0, 0.1) is 5.92 Å². The molecule has 2 amide bonds. The summed E-state index contributed by atoms with van der Waals surface area (Å²) >= 11 is 1.25. The molecule has 7 nitrogen and oxygen atoms in total. The Morgan fingerprint density at radius 1 is 1.40 bits per heavy atom. The van der Waals surface area contributed by atoms with Crippen LogP contribution in [0.1, 0.15) is 12.8 Å². The highest BCUT2D eigenvalue weighted by Crippen LogP contribution is 2.22. The minimum atomic E-state index is -0.340. The maximum Gasteiger partial charge on any atom is 0.233 e. The molecule has 0 bridgehead atoms. The van der Waals surface area contributed by atoms with Gasteiger partial charge in [-0.05, 0) is 12.8 Å². The number of carbonyl (C=O) groups is 2. The van der Waals surface area contributed by atoms with Crippen molar-refractivity contribution in [3.63, 3.8) is 0 Å². The van der Waals surface area contributed by atoms with Gasteiger partial charge in [-0.1, -0.05) is 11.8 Å². The first-order valence-electron chi connectivity index (χ1n) is 6.34. The van der Waals surface area contributed by atoms with E-state index in [0.29, 0.717) is 23.9 Å². The number of primary amides is 1. The number of likely N-dealkylation sites (tertiary alicyclic amines) is 1. The molecular weight excluding hydrogens is 278 g/mol. The van der Waals surface area contributed by atoms with Crippen LogP contribution in [0.3, 0.4) is 0 Å². The van der Waals surface area contributed by atoms with E-state index in [-0.39, 0.29) is 23.5 Å². The molecule has 8 heteroatoms. The molecule has 1 aliphatic rings. The third kappa shape index (κ3) is 3.60. The molecule has 2 rings (SSSR count). The average molecular weight is 295 g/mol. The van der Waals surface area contributed by atoms with Crippen LogP contribution >= 0.6 is 11.8 Å². The standard InChI is InChI=1S/C12H17N5O2S/c13-10-12(16-4-3-15-10)20-7-9(18)17-5-1-2-8(6-17)11(14)19/h3-4,8H,1-2,5-7H2,(H2,13,15)(H2,14,19). The van der Waals surface area contributed by atoms with Gasteiger partial charge < -0.3 is 16.4 Å². The van der Waals surface area contributed by atoms with E-state index in [4.69, 9.17) is 11.5 Å². The van der Waals surface area contributed by atoms with E-state index in [1.807, 2.05) is 0 Å². The van der Waals surface area contributed by atoms with Gasteiger partial charge in [0, 0.05) is 25.5 Å². The van der Waals surface area contributed by atoms with Crippen molar-refractivity contribution in [3.8, 4) is 0 Å². The zero-order chi connectivity index (χ0) is 14.5. The second-order valence-electron chi connectivity index (χ2n) is 4.62. The largest absolute Gasteiger partial charge is 0.381 e. The third-order valence-electron chi connectivity index (χ3n) is 3.20. The number of thioether (sulfide) groups is 1. The average Bonchev–Trinajstić information content (AvgIpc) is 2.46. The Balaban J connectivity index is 1.89. The molecule has 1 saturated heterocycles. The van der Waals surface area contributed by atoms with E-state index in [9.17, 15) is 9.59 Å². The lowest BCUT2D eigenvalue weighted by Crippen LogP contribution is -2.44. The van der Waals surface area contributed by atoms with Gasteiger partial charge in [-0.25, -0.2) is 9.97 Å². The minimum absolute atomic E-state index is 0.0361. The highest BCUT2D eigenvalue weighted by molar-refractivity contribution is 8.00. The number of nitrogens with zero attached hydrogens (tertiary/aromatic N) is 3. The van der Waals surface area contributed by atoms with E-state index in [2.05, 4.69) is 9.97 Å². The fraction of sp³-hybridized carbons (Fsp3) is 0.500. The predicted octanol–water partition coefficient (Wildman–Crippen LogP) is -0.125. The molecular formula is C12H17N5O2S. The van der Waals surface area contributed by atoms with Crippen LogP contribution < -0.4 is 11.5 Å². The number of hydrogen-bond donors (Lipinski definition) is 2. The van der Waals surface area contributed by atoms with E-state index in [1.54, 1.807) is 4.90 Å². The monoisotopic (exact) mass is 295 g/mol. The lowest BCUT2D eigenvalue weighted by atomic mass is 9.97. The van der Waals surface area contributed by atoms with Crippen molar-refractivity contribution < 1.29 is 9.59 Å². The van der Waals surface area contributed by atoms with Gasteiger partial charge in [-0.15, -0.1) is 0 Å². The molecule has 20 heavy (non-hydrogen) atoms. The Hall–Kier alpha value is -1.83. The van der Waals surface area contributed by atoms with E-state index in [0.717, 1.165) is 12.8 Å². The maximum atomic E-state index is 12.1. The van der Waals surface area contributed by atoms with Crippen LogP contribution in [0.2, 0.25) is 0 Å². The fourth-order valence-electron chi connectivity index (χ4n) is 2.10. The lowest BCUT2D eigenvalue weighted by Gasteiger charge is -2.31. The smallest absolute Gasteiger partial charge is 0.233 e. The van der Waals surface area contributed by atoms with Crippen LogP contribution in [0.5, 0.6) is 0 Å². The SMILES string of the molecule is NC(=O)C1CCCN(C(=O)CSc2nccnc2N)C1. The molecule has 1 fully saturated rings. The second kappa shape index (κ2) is 6.56. The second-order valence-corrected chi connectivity index (χ2v) is 5.58. The number of anilines is 1. The Morgan fingerprint density at radius 3 is 2.85 bits per heavy atom. The topological polar surface area (TPSA) is 115 Å². The van der Waals surface area contributed by atoms with E-state index < -0.39 is 0 Å². The molecule has 0 aromatic carbocycles. The van der Waals surface area contributed by atoms with Crippen LogP contribution in [0.4, 0.5) is 5.82 Å². The van der Waals surface area contributed by atoms with Gasteiger partial charge in [-0.2, -0.15) is 0 Å². The summed E-state index contributed by atoms with van der Waals surface area (Å²) in [6.07, 6.45) is 4.59. The fourth-order valence-corrected chi connectivity index (χ4v) is 2.88. The molecule has 1 unspecified atom stereocenters. The molecule has 2 heterocycles. The lowest BCUT2D eigenvalue weighted by molar-refractivity contribution is -0.132. The van der Waals surface area contributed by atoms with Crippen LogP contribution in [-0.2, 0) is 9.59 Å². The van der Waals surface area contributed by atoms with Gasteiger partial charge in [0.05, 0.1) is 11.7 Å². The molecule has 1 aromatic heterocycles. The van der Waals surface area contributed by atoms with Gasteiger partial charge in [-0.3, -0.25) is 9.59 Å². The highest BCUT2D eigenvalue weighted by atomic mass is 32.2. The summed E-state index contributed by atoms with van der Waals surface area (Å²) in [7, 11) is 0. The molecule has 1 aliphatic heterocycles. The van der Waals surface area contributed by atoms with Crippen LogP contribution in [-0.4, -0.2) is 45.5 Å². The van der Waals surface area contributed by atoms with Gasteiger partial charge in [0.15, 0.2) is 5.82 Å². The molecule has 1 aromatic rings. The Labute approximate surface area is 121 Å². The highest BCUT2D eigenvalue weighted by Gasteiger charge is 2.26. The van der Waals surface area contributed by atoms with E-state index >= 15 is 0 Å². The van der Waals surface area contributed by atoms with Crippen LogP contribution in [0.25, 0.3) is 0 Å². The van der Waals surface area contributed by atoms with Gasteiger partial charge in [0.2, 0.25) is 11.8 Å². The van der Waals surface area contributed by atoms with Crippen LogP contribution in [0.15, 0.2) is 17.4 Å². The maximum absolute atomic E-state index is 12.1. The van der Waals surface area contributed by atoms with Crippen molar-refractivity contribution in [2.45, 2.75) is 17.9 Å². The normalized spacial score (nSPS) is 18.8. The first-order valence-corrected chi connectivity index (χ1v) is 7.33. The number of carbonyl (C=O) groups excluding carboxylic acids is 2. The van der Waals surface area contributed by atoms with Crippen molar-refractivity contribution in [1.82, 2.24) is 14.9 Å². The summed E-state index contributed by atoms with van der Waals surface area (Å²) in [4.78, 5) is 33.0. The van der Waals surface area contributed by atoms with Gasteiger partial charge in [0.25, 0.3) is 0 Å². The number of nitrogen functional groups attached to an aromatic ring is 1. The number of rotatable bonds is 4.